The van der Waals surface area contributed by atoms with Crippen LogP contribution >= 0.6 is 0 Å². The van der Waals surface area contributed by atoms with Crippen molar-refractivity contribution in [3.05, 3.63) is 65.7 Å². The van der Waals surface area contributed by atoms with Gasteiger partial charge < -0.3 is 14.4 Å². The maximum Gasteiger partial charge on any atom is 0.306 e. The molecule has 1 amide bonds. The van der Waals surface area contributed by atoms with E-state index >= 15 is 0 Å². The molecule has 0 atom stereocenters. The first kappa shape index (κ1) is 22.4. The maximum absolute atomic E-state index is 12.8. The number of rotatable bonds is 11. The molecular weight excluding hydrogens is 368 g/mol. The molecule has 0 unspecified atom stereocenters. The van der Waals surface area contributed by atoms with Gasteiger partial charge in [-0.05, 0) is 30.2 Å². The van der Waals surface area contributed by atoms with Crippen LogP contribution in [0.2, 0.25) is 0 Å². The van der Waals surface area contributed by atoms with Gasteiger partial charge in [-0.15, -0.1) is 0 Å². The summed E-state index contributed by atoms with van der Waals surface area (Å²) < 4.78 is 10.2. The van der Waals surface area contributed by atoms with E-state index in [9.17, 15) is 9.59 Å². The van der Waals surface area contributed by atoms with E-state index in [2.05, 4.69) is 0 Å². The first-order chi connectivity index (χ1) is 14.0. The summed E-state index contributed by atoms with van der Waals surface area (Å²) in [6.07, 6.45) is 0.249. The number of methoxy groups -OCH3 is 1. The van der Waals surface area contributed by atoms with Gasteiger partial charge >= 0.3 is 5.97 Å². The molecule has 0 fully saturated rings. The molecule has 0 aliphatic carbocycles. The van der Waals surface area contributed by atoms with Crippen LogP contribution in [0.25, 0.3) is 0 Å². The summed E-state index contributed by atoms with van der Waals surface area (Å²) in [7, 11) is 3.17. The van der Waals surface area contributed by atoms with Crippen molar-refractivity contribution in [3.63, 3.8) is 0 Å². The van der Waals surface area contributed by atoms with E-state index in [4.69, 9.17) is 9.47 Å². The molecule has 0 N–H and O–H groups in total. The molecule has 0 spiro atoms. The Hall–Kier alpha value is -2.86. The number of hydrogen-bond acceptors (Lipinski definition) is 5. The quantitative estimate of drug-likeness (QED) is 0.545. The Morgan fingerprint density at radius 3 is 2.21 bits per heavy atom. The van der Waals surface area contributed by atoms with Crippen LogP contribution in [0, 0.1) is 0 Å². The van der Waals surface area contributed by atoms with Gasteiger partial charge in [0.05, 0.1) is 26.7 Å². The maximum atomic E-state index is 12.8. The van der Waals surface area contributed by atoms with Gasteiger partial charge in [-0.3, -0.25) is 14.5 Å². The van der Waals surface area contributed by atoms with Crippen LogP contribution < -0.4 is 4.74 Å². The predicted octanol–water partition coefficient (Wildman–Crippen LogP) is 3.11. The smallest absolute Gasteiger partial charge is 0.306 e. The third kappa shape index (κ3) is 7.95. The highest BCUT2D eigenvalue weighted by molar-refractivity contribution is 5.78. The van der Waals surface area contributed by atoms with Crippen molar-refractivity contribution < 1.29 is 19.1 Å². The fraction of sp³-hybridized carbons (Fsp3) is 0.391. The summed E-state index contributed by atoms with van der Waals surface area (Å²) >= 11 is 0. The highest BCUT2D eigenvalue weighted by atomic mass is 16.5. The number of hydrogen-bond donors (Lipinski definition) is 0. The Balaban J connectivity index is 1.95. The average Bonchev–Trinajstić information content (AvgIpc) is 2.74. The van der Waals surface area contributed by atoms with Gasteiger partial charge in [-0.2, -0.15) is 0 Å². The molecular formula is C23H30N2O4. The summed E-state index contributed by atoms with van der Waals surface area (Å²) in [4.78, 5) is 28.0. The largest absolute Gasteiger partial charge is 0.494 e. The van der Waals surface area contributed by atoms with Crippen molar-refractivity contribution in [1.82, 2.24) is 9.80 Å². The van der Waals surface area contributed by atoms with Crippen LogP contribution in [0.4, 0.5) is 0 Å². The van der Waals surface area contributed by atoms with Gasteiger partial charge in [0.2, 0.25) is 5.91 Å². The monoisotopic (exact) mass is 398 g/mol. The third-order valence-electron chi connectivity index (χ3n) is 4.55. The third-order valence-corrected chi connectivity index (χ3v) is 4.55. The number of ether oxygens (including phenoxy) is 2. The minimum atomic E-state index is -0.279. The van der Waals surface area contributed by atoms with Crippen molar-refractivity contribution in [2.24, 2.45) is 0 Å². The Morgan fingerprint density at radius 2 is 1.59 bits per heavy atom. The molecule has 0 saturated heterocycles. The van der Waals surface area contributed by atoms with Gasteiger partial charge in [0, 0.05) is 26.7 Å². The molecule has 2 aromatic carbocycles. The Morgan fingerprint density at radius 1 is 0.931 bits per heavy atom. The number of esters is 1. The predicted molar refractivity (Wildman–Crippen MR) is 112 cm³/mol. The zero-order valence-electron chi connectivity index (χ0n) is 17.5. The molecule has 0 aliphatic rings. The topological polar surface area (TPSA) is 59.1 Å². The molecule has 156 valence electrons. The lowest BCUT2D eigenvalue weighted by Crippen LogP contribution is -2.38. The van der Waals surface area contributed by atoms with E-state index in [1.807, 2.05) is 66.4 Å². The number of amides is 1. The van der Waals surface area contributed by atoms with Crippen LogP contribution in [0.1, 0.15) is 24.5 Å². The molecule has 0 heterocycles. The summed E-state index contributed by atoms with van der Waals surface area (Å²) in [6.45, 7) is 4.38. The van der Waals surface area contributed by atoms with Gasteiger partial charge in [0.25, 0.3) is 0 Å². The first-order valence-corrected chi connectivity index (χ1v) is 9.80. The van der Waals surface area contributed by atoms with Crippen molar-refractivity contribution in [2.45, 2.75) is 26.4 Å². The van der Waals surface area contributed by atoms with Gasteiger partial charge in [0.1, 0.15) is 5.75 Å². The number of benzene rings is 2. The fourth-order valence-corrected chi connectivity index (χ4v) is 2.94. The van der Waals surface area contributed by atoms with E-state index in [0.717, 1.165) is 16.9 Å². The molecule has 0 aromatic heterocycles. The van der Waals surface area contributed by atoms with Gasteiger partial charge in [0.15, 0.2) is 0 Å². The standard InChI is InChI=1S/C23H30N2O4/c1-4-29-21-12-10-20(11-13-21)16-24(2)22(26)18-25(15-14-23(27)28-3)17-19-8-6-5-7-9-19/h5-13H,4,14-18H2,1-3H3. The van der Waals surface area contributed by atoms with E-state index in [1.54, 1.807) is 11.9 Å². The van der Waals surface area contributed by atoms with Crippen LogP contribution in [0.3, 0.4) is 0 Å². The lowest BCUT2D eigenvalue weighted by atomic mass is 10.2. The SMILES string of the molecule is CCOc1ccc(CN(C)C(=O)CN(CCC(=O)OC)Cc2ccccc2)cc1. The minimum Gasteiger partial charge on any atom is -0.494 e. The highest BCUT2D eigenvalue weighted by Crippen LogP contribution is 2.14. The highest BCUT2D eigenvalue weighted by Gasteiger charge is 2.16. The van der Waals surface area contributed by atoms with Crippen LogP contribution in [-0.4, -0.2) is 55.5 Å². The van der Waals surface area contributed by atoms with E-state index in [1.165, 1.54) is 7.11 Å². The Kier molecular flexibility index (Phi) is 9.18. The minimum absolute atomic E-state index is 0.000295. The average molecular weight is 399 g/mol. The second kappa shape index (κ2) is 11.9. The summed E-state index contributed by atoms with van der Waals surface area (Å²) in [5.41, 5.74) is 2.13. The molecule has 29 heavy (non-hydrogen) atoms. The number of carbonyl (C=O) groups is 2. The lowest BCUT2D eigenvalue weighted by molar-refractivity contribution is -0.141. The van der Waals surface area contributed by atoms with Crippen molar-refractivity contribution >= 4 is 11.9 Å². The second-order valence-corrected chi connectivity index (χ2v) is 6.85. The van der Waals surface area contributed by atoms with Crippen LogP contribution in [0.5, 0.6) is 5.75 Å². The lowest BCUT2D eigenvalue weighted by Gasteiger charge is -2.25. The molecule has 0 saturated carbocycles. The molecule has 0 radical (unpaired) electrons. The van der Waals surface area contributed by atoms with Crippen LogP contribution in [-0.2, 0) is 27.4 Å². The van der Waals surface area contributed by atoms with E-state index in [-0.39, 0.29) is 24.8 Å². The normalized spacial score (nSPS) is 10.6. The van der Waals surface area contributed by atoms with Gasteiger partial charge in [-0.25, -0.2) is 0 Å². The van der Waals surface area contributed by atoms with E-state index in [0.29, 0.717) is 26.2 Å². The van der Waals surface area contributed by atoms with Crippen molar-refractivity contribution in [1.29, 1.82) is 0 Å². The Labute approximate surface area is 173 Å². The molecule has 6 nitrogen and oxygen atoms in total. The molecule has 2 rings (SSSR count). The molecule has 2 aromatic rings. The summed E-state index contributed by atoms with van der Waals surface area (Å²) in [5, 5.41) is 0. The summed E-state index contributed by atoms with van der Waals surface area (Å²) in [6, 6.07) is 17.7. The van der Waals surface area contributed by atoms with Crippen LogP contribution in [0.15, 0.2) is 54.6 Å². The second-order valence-electron chi connectivity index (χ2n) is 6.85. The number of nitrogens with zero attached hydrogens (tertiary/aromatic N) is 2. The Bertz CT molecular complexity index is 762. The van der Waals surface area contributed by atoms with E-state index < -0.39 is 0 Å². The fourth-order valence-electron chi connectivity index (χ4n) is 2.94. The zero-order chi connectivity index (χ0) is 21.1. The molecule has 0 bridgehead atoms. The zero-order valence-corrected chi connectivity index (χ0v) is 17.5. The number of carbonyl (C=O) groups excluding carboxylic acids is 2. The van der Waals surface area contributed by atoms with Crippen molar-refractivity contribution in [3.8, 4) is 5.75 Å². The molecule has 6 heteroatoms. The number of likely N-dealkylation sites (N-methyl/N-ethyl adjacent to an activating group) is 1. The van der Waals surface area contributed by atoms with Crippen molar-refractivity contribution in [2.75, 3.05) is 33.9 Å². The molecule has 0 aliphatic heterocycles. The first-order valence-electron chi connectivity index (χ1n) is 9.80. The van der Waals surface area contributed by atoms with Gasteiger partial charge in [-0.1, -0.05) is 42.5 Å². The summed E-state index contributed by atoms with van der Waals surface area (Å²) in [5.74, 6) is 0.542.